The van der Waals surface area contributed by atoms with Crippen LogP contribution in [0.4, 0.5) is 11.4 Å². The molecule has 0 unspecified atom stereocenters. The lowest BCUT2D eigenvalue weighted by Gasteiger charge is -2.10. The number of benzene rings is 3. The zero-order valence-electron chi connectivity index (χ0n) is 16.3. The summed E-state index contributed by atoms with van der Waals surface area (Å²) in [7, 11) is 3.02. The van der Waals surface area contributed by atoms with Crippen molar-refractivity contribution in [3.8, 4) is 17.2 Å². The summed E-state index contributed by atoms with van der Waals surface area (Å²) < 4.78 is 15.9. The summed E-state index contributed by atoms with van der Waals surface area (Å²) in [6.07, 6.45) is 1.63. The van der Waals surface area contributed by atoms with E-state index >= 15 is 0 Å². The molecule has 0 bridgehead atoms. The summed E-state index contributed by atoms with van der Waals surface area (Å²) in [4.78, 5) is 27.1. The zero-order chi connectivity index (χ0) is 21.5. The molecule has 0 aromatic heterocycles. The third-order valence-corrected chi connectivity index (χ3v) is 4.12. The molecule has 30 heavy (non-hydrogen) atoms. The van der Waals surface area contributed by atoms with E-state index in [0.717, 1.165) is 6.07 Å². The summed E-state index contributed by atoms with van der Waals surface area (Å²) in [6, 6.07) is 17.6. The number of ether oxygens (including phenoxy) is 3. The predicted molar refractivity (Wildman–Crippen MR) is 111 cm³/mol. The Bertz CT molecular complexity index is 1110. The minimum absolute atomic E-state index is 0.0630. The van der Waals surface area contributed by atoms with Crippen LogP contribution in [0.15, 0.2) is 71.7 Å². The van der Waals surface area contributed by atoms with Gasteiger partial charge >= 0.3 is 5.97 Å². The van der Waals surface area contributed by atoms with E-state index < -0.39 is 10.9 Å². The summed E-state index contributed by atoms with van der Waals surface area (Å²) >= 11 is 0. The number of carbonyl (C=O) groups excluding carboxylic acids is 1. The second-order valence-electron chi connectivity index (χ2n) is 6.04. The van der Waals surface area contributed by atoms with Crippen molar-refractivity contribution in [1.82, 2.24) is 0 Å². The number of hydrogen-bond donors (Lipinski definition) is 0. The first-order valence-corrected chi connectivity index (χ1v) is 8.83. The normalized spacial score (nSPS) is 10.6. The molecule has 0 N–H and O–H groups in total. The van der Waals surface area contributed by atoms with Gasteiger partial charge in [0.25, 0.3) is 5.69 Å². The molecule has 0 amide bonds. The maximum atomic E-state index is 12.4. The lowest BCUT2D eigenvalue weighted by atomic mass is 10.2. The van der Waals surface area contributed by atoms with Crippen molar-refractivity contribution in [2.24, 2.45) is 4.99 Å². The number of rotatable bonds is 7. The molecular weight excluding hydrogens is 388 g/mol. The first-order chi connectivity index (χ1) is 14.5. The van der Waals surface area contributed by atoms with Crippen LogP contribution in [0, 0.1) is 10.1 Å². The Hall–Kier alpha value is -4.20. The highest BCUT2D eigenvalue weighted by Crippen LogP contribution is 2.30. The third kappa shape index (κ3) is 4.79. The SMILES string of the molecule is COc1ccccc1N=Cc1ccc(OC(=O)c2cccc([N+](=O)[O-])c2)c(OC)c1. The molecule has 0 saturated carbocycles. The standard InChI is InChI=1S/C22H18N2O6/c1-28-19-9-4-3-8-18(19)23-14-15-10-11-20(21(12-15)29-2)30-22(25)16-6-5-7-17(13-16)24(26)27/h3-14H,1-2H3. The smallest absolute Gasteiger partial charge is 0.343 e. The first kappa shape index (κ1) is 20.5. The Morgan fingerprint density at radius 3 is 2.43 bits per heavy atom. The fourth-order valence-electron chi connectivity index (χ4n) is 2.63. The van der Waals surface area contributed by atoms with Crippen molar-refractivity contribution in [1.29, 1.82) is 0 Å². The van der Waals surface area contributed by atoms with Gasteiger partial charge < -0.3 is 14.2 Å². The molecule has 0 aliphatic rings. The highest BCUT2D eigenvalue weighted by molar-refractivity contribution is 5.92. The molecule has 0 aliphatic carbocycles. The Morgan fingerprint density at radius 2 is 1.70 bits per heavy atom. The molecule has 8 nitrogen and oxygen atoms in total. The van der Waals surface area contributed by atoms with E-state index in [4.69, 9.17) is 14.2 Å². The number of nitro groups is 1. The van der Waals surface area contributed by atoms with Crippen molar-refractivity contribution in [2.75, 3.05) is 14.2 Å². The van der Waals surface area contributed by atoms with Gasteiger partial charge in [0.1, 0.15) is 11.4 Å². The average molecular weight is 406 g/mol. The van der Waals surface area contributed by atoms with Crippen LogP contribution in [0.1, 0.15) is 15.9 Å². The Balaban J connectivity index is 1.80. The second-order valence-corrected chi connectivity index (χ2v) is 6.04. The molecule has 152 valence electrons. The number of nitrogens with zero attached hydrogens (tertiary/aromatic N) is 2. The molecule has 3 aromatic rings. The number of aliphatic imine (C=N–C) groups is 1. The second kappa shape index (κ2) is 9.33. The number of carbonyl (C=O) groups is 1. The molecule has 0 heterocycles. The van der Waals surface area contributed by atoms with Crippen LogP contribution in [-0.4, -0.2) is 31.3 Å². The number of non-ortho nitro benzene ring substituents is 1. The predicted octanol–water partition coefficient (Wildman–Crippen LogP) is 4.58. The molecular formula is C22H18N2O6. The molecule has 0 aliphatic heterocycles. The van der Waals surface area contributed by atoms with Gasteiger partial charge in [-0.25, -0.2) is 4.79 Å². The van der Waals surface area contributed by atoms with Crippen molar-refractivity contribution in [2.45, 2.75) is 0 Å². The van der Waals surface area contributed by atoms with Crippen LogP contribution in [-0.2, 0) is 0 Å². The minimum Gasteiger partial charge on any atom is -0.494 e. The van der Waals surface area contributed by atoms with Gasteiger partial charge in [0.05, 0.1) is 24.7 Å². The monoisotopic (exact) mass is 406 g/mol. The Morgan fingerprint density at radius 1 is 0.933 bits per heavy atom. The number of esters is 1. The third-order valence-electron chi connectivity index (χ3n) is 4.12. The minimum atomic E-state index is -0.729. The summed E-state index contributed by atoms with van der Waals surface area (Å²) in [6.45, 7) is 0. The van der Waals surface area contributed by atoms with Gasteiger partial charge in [0.15, 0.2) is 11.5 Å². The van der Waals surface area contributed by atoms with Crippen LogP contribution in [0.2, 0.25) is 0 Å². The fourth-order valence-corrected chi connectivity index (χ4v) is 2.63. The van der Waals surface area contributed by atoms with E-state index in [0.29, 0.717) is 22.7 Å². The Kier molecular flexibility index (Phi) is 6.39. The molecule has 0 fully saturated rings. The number of methoxy groups -OCH3 is 2. The van der Waals surface area contributed by atoms with E-state index in [2.05, 4.69) is 4.99 Å². The van der Waals surface area contributed by atoms with Gasteiger partial charge in [-0.15, -0.1) is 0 Å². The molecule has 0 spiro atoms. The van der Waals surface area contributed by atoms with Crippen molar-refractivity contribution < 1.29 is 23.9 Å². The molecule has 3 rings (SSSR count). The van der Waals surface area contributed by atoms with E-state index in [-0.39, 0.29) is 17.0 Å². The van der Waals surface area contributed by atoms with E-state index in [9.17, 15) is 14.9 Å². The maximum Gasteiger partial charge on any atom is 0.343 e. The molecule has 8 heteroatoms. The maximum absolute atomic E-state index is 12.4. The largest absolute Gasteiger partial charge is 0.494 e. The highest BCUT2D eigenvalue weighted by Gasteiger charge is 2.16. The van der Waals surface area contributed by atoms with Crippen LogP contribution in [0.5, 0.6) is 17.2 Å². The highest BCUT2D eigenvalue weighted by atomic mass is 16.6. The number of hydrogen-bond acceptors (Lipinski definition) is 7. The summed E-state index contributed by atoms with van der Waals surface area (Å²) in [5, 5.41) is 10.9. The first-order valence-electron chi connectivity index (χ1n) is 8.83. The van der Waals surface area contributed by atoms with Gasteiger partial charge in [-0.05, 0) is 42.0 Å². The molecule has 3 aromatic carbocycles. The molecule has 0 radical (unpaired) electrons. The number of para-hydroxylation sites is 2. The van der Waals surface area contributed by atoms with E-state index in [1.165, 1.54) is 25.3 Å². The summed E-state index contributed by atoms with van der Waals surface area (Å²) in [5.74, 6) is 0.414. The van der Waals surface area contributed by atoms with E-state index in [1.54, 1.807) is 31.5 Å². The molecule has 0 atom stereocenters. The van der Waals surface area contributed by atoms with Gasteiger partial charge in [0.2, 0.25) is 0 Å². The van der Waals surface area contributed by atoms with Gasteiger partial charge in [-0.3, -0.25) is 15.1 Å². The van der Waals surface area contributed by atoms with Crippen LogP contribution < -0.4 is 14.2 Å². The van der Waals surface area contributed by atoms with Gasteiger partial charge in [-0.1, -0.05) is 18.2 Å². The van der Waals surface area contributed by atoms with Gasteiger partial charge in [0, 0.05) is 18.3 Å². The van der Waals surface area contributed by atoms with Crippen molar-refractivity contribution >= 4 is 23.6 Å². The lowest BCUT2D eigenvalue weighted by molar-refractivity contribution is -0.384. The average Bonchev–Trinajstić information content (AvgIpc) is 2.78. The topological polar surface area (TPSA) is 100 Å². The van der Waals surface area contributed by atoms with Crippen LogP contribution >= 0.6 is 0 Å². The van der Waals surface area contributed by atoms with Crippen molar-refractivity contribution in [3.63, 3.8) is 0 Å². The van der Waals surface area contributed by atoms with Crippen LogP contribution in [0.3, 0.4) is 0 Å². The fraction of sp³-hybridized carbons (Fsp3) is 0.0909. The van der Waals surface area contributed by atoms with Crippen LogP contribution in [0.25, 0.3) is 0 Å². The summed E-state index contributed by atoms with van der Waals surface area (Å²) in [5.41, 5.74) is 1.25. The quantitative estimate of drug-likeness (QED) is 0.187. The zero-order valence-corrected chi connectivity index (χ0v) is 16.3. The molecule has 0 saturated heterocycles. The van der Waals surface area contributed by atoms with Gasteiger partial charge in [-0.2, -0.15) is 0 Å². The number of nitro benzene ring substituents is 1. The Labute approximate surface area is 172 Å². The lowest BCUT2D eigenvalue weighted by Crippen LogP contribution is -2.09. The van der Waals surface area contributed by atoms with Crippen molar-refractivity contribution in [3.05, 3.63) is 88.0 Å². The van der Waals surface area contributed by atoms with E-state index in [1.807, 2.05) is 24.3 Å².